The molecule has 0 aromatic heterocycles. The minimum atomic E-state index is -0.441. The lowest BCUT2D eigenvalue weighted by Crippen LogP contribution is -2.40. The second-order valence-electron chi connectivity index (χ2n) is 7.00. The van der Waals surface area contributed by atoms with Gasteiger partial charge in [-0.2, -0.15) is 0 Å². The van der Waals surface area contributed by atoms with Crippen LogP contribution in [0.5, 0.6) is 5.75 Å². The Balaban J connectivity index is 0.000000885. The molecule has 0 unspecified atom stereocenters. The number of ether oxygens (including phenoxy) is 1. The Bertz CT molecular complexity index is 413. The van der Waals surface area contributed by atoms with Crippen molar-refractivity contribution in [3.63, 3.8) is 0 Å². The van der Waals surface area contributed by atoms with Crippen LogP contribution >= 0.6 is 0 Å². The third kappa shape index (κ3) is 8.51. The molecule has 2 N–H and O–H groups in total. The molecule has 1 aromatic carbocycles. The van der Waals surface area contributed by atoms with Crippen molar-refractivity contribution in [1.29, 1.82) is 0 Å². The molecule has 0 amide bonds. The Morgan fingerprint density at radius 2 is 1.57 bits per heavy atom. The fourth-order valence-corrected chi connectivity index (χ4v) is 1.66. The van der Waals surface area contributed by atoms with Crippen LogP contribution in [0.3, 0.4) is 0 Å². The topological polar surface area (TPSA) is 52.3 Å². The number of ketones is 1. The van der Waals surface area contributed by atoms with E-state index in [2.05, 4.69) is 20.8 Å². The van der Waals surface area contributed by atoms with Gasteiger partial charge in [0.1, 0.15) is 5.75 Å². The standard InChI is InChI=1S/C14H21NO2.C4H10/c1-14(2,3)13(16)12(15)9-10-5-7-11(17-4)8-6-10;1-4(2)3/h5-8,12H,9,15H2,1-4H3;4H,1-3H3/t12-;/m0./s1. The number of carbonyl (C=O) groups excluding carboxylic acids is 1. The maximum absolute atomic E-state index is 11.9. The molecule has 0 radical (unpaired) electrons. The predicted molar refractivity (Wildman–Crippen MR) is 89.6 cm³/mol. The molecule has 120 valence electrons. The molecular weight excluding hydrogens is 262 g/mol. The van der Waals surface area contributed by atoms with Crippen molar-refractivity contribution in [2.75, 3.05) is 7.11 Å². The van der Waals surface area contributed by atoms with E-state index in [1.165, 1.54) is 0 Å². The van der Waals surface area contributed by atoms with Gasteiger partial charge in [-0.1, -0.05) is 53.7 Å². The molecule has 3 heteroatoms. The van der Waals surface area contributed by atoms with E-state index in [4.69, 9.17) is 10.5 Å². The number of hydrogen-bond acceptors (Lipinski definition) is 3. The first kappa shape index (κ1) is 19.7. The van der Waals surface area contributed by atoms with Crippen LogP contribution in [-0.2, 0) is 11.2 Å². The fraction of sp³-hybridized carbons (Fsp3) is 0.611. The number of methoxy groups -OCH3 is 1. The van der Waals surface area contributed by atoms with Gasteiger partial charge in [-0.15, -0.1) is 0 Å². The molecule has 1 aromatic rings. The highest BCUT2D eigenvalue weighted by molar-refractivity contribution is 5.88. The quantitative estimate of drug-likeness (QED) is 0.917. The summed E-state index contributed by atoms with van der Waals surface area (Å²) in [6.45, 7) is 12.2. The summed E-state index contributed by atoms with van der Waals surface area (Å²) in [5, 5.41) is 0. The van der Waals surface area contributed by atoms with Gasteiger partial charge >= 0.3 is 0 Å². The molecule has 0 fully saturated rings. The van der Waals surface area contributed by atoms with Crippen LogP contribution in [0.25, 0.3) is 0 Å². The summed E-state index contributed by atoms with van der Waals surface area (Å²) in [4.78, 5) is 11.9. The third-order valence-corrected chi connectivity index (χ3v) is 2.69. The minimum absolute atomic E-state index is 0.0910. The molecule has 0 aliphatic rings. The first-order valence-electron chi connectivity index (χ1n) is 7.50. The molecule has 1 atom stereocenters. The predicted octanol–water partition coefficient (Wildman–Crippen LogP) is 3.84. The van der Waals surface area contributed by atoms with E-state index in [0.717, 1.165) is 17.2 Å². The summed E-state index contributed by atoms with van der Waals surface area (Å²) in [6.07, 6.45) is 0.570. The zero-order chi connectivity index (χ0) is 16.6. The Kier molecular flexibility index (Phi) is 8.26. The van der Waals surface area contributed by atoms with Gasteiger partial charge in [0, 0.05) is 5.41 Å². The van der Waals surface area contributed by atoms with Gasteiger partial charge in [0.25, 0.3) is 0 Å². The number of rotatable bonds is 4. The van der Waals surface area contributed by atoms with Gasteiger partial charge in [0.15, 0.2) is 5.78 Å². The van der Waals surface area contributed by atoms with Gasteiger partial charge in [-0.3, -0.25) is 4.79 Å². The molecule has 0 aliphatic heterocycles. The lowest BCUT2D eigenvalue weighted by atomic mass is 9.85. The van der Waals surface area contributed by atoms with E-state index in [1.807, 2.05) is 45.0 Å². The van der Waals surface area contributed by atoms with Gasteiger partial charge in [0.2, 0.25) is 0 Å². The summed E-state index contributed by atoms with van der Waals surface area (Å²) >= 11 is 0. The Hall–Kier alpha value is -1.35. The van der Waals surface area contributed by atoms with Gasteiger partial charge in [0.05, 0.1) is 13.2 Å². The van der Waals surface area contributed by atoms with Gasteiger partial charge in [-0.05, 0) is 30.0 Å². The van der Waals surface area contributed by atoms with Crippen LogP contribution in [0.15, 0.2) is 24.3 Å². The van der Waals surface area contributed by atoms with Crippen molar-refractivity contribution in [3.8, 4) is 5.75 Å². The highest BCUT2D eigenvalue weighted by Gasteiger charge is 2.26. The maximum Gasteiger partial charge on any atom is 0.155 e. The number of carbonyl (C=O) groups is 1. The Morgan fingerprint density at radius 1 is 1.14 bits per heavy atom. The van der Waals surface area contributed by atoms with Gasteiger partial charge < -0.3 is 10.5 Å². The summed E-state index contributed by atoms with van der Waals surface area (Å²) in [6, 6.07) is 7.19. The van der Waals surface area contributed by atoms with E-state index < -0.39 is 6.04 Å². The zero-order valence-corrected chi connectivity index (χ0v) is 14.6. The molecule has 1 rings (SSSR count). The number of nitrogens with two attached hydrogens (primary N) is 1. The van der Waals surface area contributed by atoms with Crippen LogP contribution in [0.2, 0.25) is 0 Å². The van der Waals surface area contributed by atoms with Crippen molar-refractivity contribution in [1.82, 2.24) is 0 Å². The average molecular weight is 293 g/mol. The SMILES string of the molecule is CC(C)C.COc1ccc(C[C@H](N)C(=O)C(C)(C)C)cc1. The van der Waals surface area contributed by atoms with Crippen molar-refractivity contribution in [2.24, 2.45) is 17.1 Å². The van der Waals surface area contributed by atoms with Crippen LogP contribution in [0, 0.1) is 11.3 Å². The minimum Gasteiger partial charge on any atom is -0.497 e. The smallest absolute Gasteiger partial charge is 0.155 e. The molecule has 0 bridgehead atoms. The highest BCUT2D eigenvalue weighted by Crippen LogP contribution is 2.19. The van der Waals surface area contributed by atoms with Crippen molar-refractivity contribution >= 4 is 5.78 Å². The second-order valence-corrected chi connectivity index (χ2v) is 7.00. The van der Waals surface area contributed by atoms with E-state index >= 15 is 0 Å². The Labute approximate surface area is 129 Å². The molecule has 0 saturated heterocycles. The van der Waals surface area contributed by atoms with Crippen LogP contribution in [-0.4, -0.2) is 18.9 Å². The normalized spacial score (nSPS) is 12.4. The summed E-state index contributed by atoms with van der Waals surface area (Å²) in [5.41, 5.74) is 6.59. The first-order chi connectivity index (χ1) is 9.57. The lowest BCUT2D eigenvalue weighted by molar-refractivity contribution is -0.127. The molecule has 0 spiro atoms. The lowest BCUT2D eigenvalue weighted by Gasteiger charge is -2.21. The fourth-order valence-electron chi connectivity index (χ4n) is 1.66. The summed E-state index contributed by atoms with van der Waals surface area (Å²) < 4.78 is 5.08. The average Bonchev–Trinajstić information content (AvgIpc) is 2.37. The monoisotopic (exact) mass is 293 g/mol. The second kappa shape index (κ2) is 8.83. The van der Waals surface area contributed by atoms with Crippen LogP contribution in [0.4, 0.5) is 0 Å². The molecule has 3 nitrogen and oxygen atoms in total. The van der Waals surface area contributed by atoms with Crippen LogP contribution < -0.4 is 10.5 Å². The zero-order valence-electron chi connectivity index (χ0n) is 14.6. The van der Waals surface area contributed by atoms with E-state index in [-0.39, 0.29) is 11.2 Å². The first-order valence-corrected chi connectivity index (χ1v) is 7.50. The van der Waals surface area contributed by atoms with Crippen molar-refractivity contribution in [2.45, 2.75) is 54.0 Å². The molecule has 0 aliphatic carbocycles. The van der Waals surface area contributed by atoms with Gasteiger partial charge in [-0.25, -0.2) is 0 Å². The van der Waals surface area contributed by atoms with Crippen LogP contribution in [0.1, 0.15) is 47.1 Å². The summed E-state index contributed by atoms with van der Waals surface area (Å²) in [5.74, 6) is 1.73. The molecular formula is C18H31NO2. The molecule has 21 heavy (non-hydrogen) atoms. The number of benzene rings is 1. The maximum atomic E-state index is 11.9. The van der Waals surface area contributed by atoms with E-state index in [1.54, 1.807) is 7.11 Å². The highest BCUT2D eigenvalue weighted by atomic mass is 16.5. The van der Waals surface area contributed by atoms with E-state index in [0.29, 0.717) is 6.42 Å². The third-order valence-electron chi connectivity index (χ3n) is 2.69. The number of hydrogen-bond donors (Lipinski definition) is 1. The molecule has 0 saturated carbocycles. The van der Waals surface area contributed by atoms with Crippen molar-refractivity contribution in [3.05, 3.63) is 29.8 Å². The largest absolute Gasteiger partial charge is 0.497 e. The number of Topliss-reactive ketones (excluding diaryl/α,β-unsaturated/α-hetero) is 1. The van der Waals surface area contributed by atoms with Crippen molar-refractivity contribution < 1.29 is 9.53 Å². The van der Waals surface area contributed by atoms with E-state index in [9.17, 15) is 4.79 Å². The summed E-state index contributed by atoms with van der Waals surface area (Å²) in [7, 11) is 1.63. The molecule has 0 heterocycles. The Morgan fingerprint density at radius 3 is 1.90 bits per heavy atom.